The zero-order chi connectivity index (χ0) is 17.8. The first kappa shape index (κ1) is 17.6. The zero-order valence-corrected chi connectivity index (χ0v) is 14.4. The molecule has 5 nitrogen and oxygen atoms in total. The van der Waals surface area contributed by atoms with E-state index in [4.69, 9.17) is 0 Å². The van der Waals surface area contributed by atoms with Crippen LogP contribution >= 0.6 is 0 Å². The predicted octanol–water partition coefficient (Wildman–Crippen LogP) is 3.09. The van der Waals surface area contributed by atoms with Crippen LogP contribution in [0.5, 0.6) is 0 Å². The summed E-state index contributed by atoms with van der Waals surface area (Å²) in [6.07, 6.45) is 2.70. The molecule has 2 heterocycles. The number of hydrogen-bond donors (Lipinski definition) is 2. The Balaban J connectivity index is 1.57. The molecule has 1 aliphatic rings. The van der Waals surface area contributed by atoms with Gasteiger partial charge >= 0.3 is 0 Å². The van der Waals surface area contributed by atoms with Gasteiger partial charge in [-0.3, -0.25) is 9.89 Å². The highest BCUT2D eigenvalue weighted by Crippen LogP contribution is 2.31. The summed E-state index contributed by atoms with van der Waals surface area (Å²) in [4.78, 5) is 14.3. The van der Waals surface area contributed by atoms with E-state index in [0.717, 1.165) is 36.9 Å². The minimum Gasteiger partial charge on any atom is -0.388 e. The molecular weight excluding hydrogens is 321 g/mol. The van der Waals surface area contributed by atoms with Gasteiger partial charge in [-0.05, 0) is 48.9 Å². The van der Waals surface area contributed by atoms with Gasteiger partial charge in [0.05, 0.1) is 6.10 Å². The van der Waals surface area contributed by atoms with Crippen molar-refractivity contribution in [1.82, 2.24) is 15.1 Å². The van der Waals surface area contributed by atoms with Crippen LogP contribution in [0.3, 0.4) is 0 Å². The number of aryl methyl sites for hydroxylation is 1. The molecule has 3 rings (SSSR count). The van der Waals surface area contributed by atoms with E-state index in [2.05, 4.69) is 17.1 Å². The van der Waals surface area contributed by atoms with E-state index < -0.39 is 6.10 Å². The number of H-pyrrole nitrogens is 1. The quantitative estimate of drug-likeness (QED) is 0.875. The minimum absolute atomic E-state index is 0.0617. The number of aromatic nitrogens is 2. The first-order chi connectivity index (χ1) is 12.1. The number of hydrogen-bond acceptors (Lipinski definition) is 3. The summed E-state index contributed by atoms with van der Waals surface area (Å²) >= 11 is 0. The summed E-state index contributed by atoms with van der Waals surface area (Å²) in [5.74, 6) is -0.296. The molecule has 1 saturated heterocycles. The molecule has 1 amide bonds. The lowest BCUT2D eigenvalue weighted by Gasteiger charge is -2.34. The van der Waals surface area contributed by atoms with Crippen molar-refractivity contribution in [3.63, 3.8) is 0 Å². The Bertz CT molecular complexity index is 706. The average molecular weight is 345 g/mol. The van der Waals surface area contributed by atoms with Gasteiger partial charge in [-0.15, -0.1) is 0 Å². The second-order valence-electron chi connectivity index (χ2n) is 6.65. The van der Waals surface area contributed by atoms with Gasteiger partial charge in [0, 0.05) is 18.8 Å². The third-order valence-corrected chi connectivity index (χ3v) is 4.85. The summed E-state index contributed by atoms with van der Waals surface area (Å²) in [7, 11) is 0. The Labute approximate surface area is 146 Å². The highest BCUT2D eigenvalue weighted by Gasteiger charge is 2.29. The number of carbonyl (C=O) groups excluding carboxylic acids is 1. The molecule has 6 heteroatoms. The van der Waals surface area contributed by atoms with Crippen molar-refractivity contribution in [2.24, 2.45) is 5.92 Å². The molecule has 1 fully saturated rings. The van der Waals surface area contributed by atoms with Crippen molar-refractivity contribution in [1.29, 1.82) is 0 Å². The Kier molecular flexibility index (Phi) is 5.48. The second kappa shape index (κ2) is 7.78. The van der Waals surface area contributed by atoms with Gasteiger partial charge in [0.2, 0.25) is 0 Å². The van der Waals surface area contributed by atoms with E-state index >= 15 is 0 Å². The number of aromatic amines is 1. The number of aliphatic hydroxyl groups excluding tert-OH is 1. The molecule has 1 atom stereocenters. The van der Waals surface area contributed by atoms with Crippen molar-refractivity contribution < 1.29 is 14.3 Å². The highest BCUT2D eigenvalue weighted by molar-refractivity contribution is 5.92. The van der Waals surface area contributed by atoms with Gasteiger partial charge in [-0.25, -0.2) is 4.39 Å². The summed E-state index contributed by atoms with van der Waals surface area (Å²) in [5, 5.41) is 17.5. The van der Waals surface area contributed by atoms with Gasteiger partial charge in [-0.2, -0.15) is 5.10 Å². The van der Waals surface area contributed by atoms with Crippen molar-refractivity contribution in [2.75, 3.05) is 13.1 Å². The monoisotopic (exact) mass is 345 g/mol. The number of halogens is 1. The molecule has 0 saturated carbocycles. The van der Waals surface area contributed by atoms with Crippen LogP contribution in [0.25, 0.3) is 0 Å². The molecule has 0 unspecified atom stereocenters. The number of piperidine rings is 1. The van der Waals surface area contributed by atoms with Gasteiger partial charge < -0.3 is 10.0 Å². The van der Waals surface area contributed by atoms with Crippen LogP contribution < -0.4 is 0 Å². The van der Waals surface area contributed by atoms with Crippen LogP contribution in [0.2, 0.25) is 0 Å². The number of amides is 1. The maximum absolute atomic E-state index is 13.0. The van der Waals surface area contributed by atoms with E-state index in [-0.39, 0.29) is 17.6 Å². The summed E-state index contributed by atoms with van der Waals surface area (Å²) in [5.41, 5.74) is 2.16. The molecular formula is C19H24FN3O2. The fourth-order valence-electron chi connectivity index (χ4n) is 3.38. The van der Waals surface area contributed by atoms with Crippen LogP contribution in [0.1, 0.15) is 54.0 Å². The normalized spacial score (nSPS) is 16.8. The lowest BCUT2D eigenvalue weighted by atomic mass is 9.87. The molecule has 1 aromatic carbocycles. The van der Waals surface area contributed by atoms with Crippen LogP contribution in [-0.2, 0) is 6.42 Å². The van der Waals surface area contributed by atoms with Crippen LogP contribution in [0.15, 0.2) is 30.3 Å². The van der Waals surface area contributed by atoms with Gasteiger partial charge in [0.25, 0.3) is 5.91 Å². The molecule has 134 valence electrons. The lowest BCUT2D eigenvalue weighted by molar-refractivity contribution is 0.0458. The Morgan fingerprint density at radius 3 is 2.68 bits per heavy atom. The number of benzene rings is 1. The van der Waals surface area contributed by atoms with Crippen LogP contribution in [0, 0.1) is 11.7 Å². The summed E-state index contributed by atoms with van der Waals surface area (Å²) in [6, 6.07) is 7.80. The smallest absolute Gasteiger partial charge is 0.274 e. The van der Waals surface area contributed by atoms with Crippen LogP contribution in [-0.4, -0.2) is 39.2 Å². The van der Waals surface area contributed by atoms with Crippen molar-refractivity contribution in [2.45, 2.75) is 38.7 Å². The van der Waals surface area contributed by atoms with E-state index in [1.807, 2.05) is 6.07 Å². The largest absolute Gasteiger partial charge is 0.388 e. The Morgan fingerprint density at radius 1 is 1.36 bits per heavy atom. The van der Waals surface area contributed by atoms with Crippen LogP contribution in [0.4, 0.5) is 4.39 Å². The molecule has 0 bridgehead atoms. The SMILES string of the molecule is CCCc1cc(C(=O)N2CCC([C@@H](O)c3ccc(F)cc3)CC2)n[nH]1. The fraction of sp³-hybridized carbons (Fsp3) is 0.474. The maximum Gasteiger partial charge on any atom is 0.274 e. The van der Waals surface area contributed by atoms with Gasteiger partial charge in [0.15, 0.2) is 0 Å². The van der Waals surface area contributed by atoms with E-state index in [0.29, 0.717) is 18.8 Å². The number of rotatable bonds is 5. The van der Waals surface area contributed by atoms with E-state index in [1.165, 1.54) is 12.1 Å². The number of nitrogens with one attached hydrogen (secondary N) is 1. The molecule has 2 N–H and O–H groups in total. The second-order valence-corrected chi connectivity index (χ2v) is 6.65. The Morgan fingerprint density at radius 2 is 2.04 bits per heavy atom. The topological polar surface area (TPSA) is 69.2 Å². The molecule has 2 aromatic rings. The molecule has 1 aliphatic heterocycles. The van der Waals surface area contributed by atoms with Gasteiger partial charge in [0.1, 0.15) is 11.5 Å². The highest BCUT2D eigenvalue weighted by atomic mass is 19.1. The number of likely N-dealkylation sites (tertiary alicyclic amines) is 1. The van der Waals surface area contributed by atoms with Crippen molar-refractivity contribution in [3.8, 4) is 0 Å². The molecule has 0 spiro atoms. The third-order valence-electron chi connectivity index (χ3n) is 4.85. The third kappa shape index (κ3) is 4.07. The van der Waals surface area contributed by atoms with Crippen molar-refractivity contribution >= 4 is 5.91 Å². The molecule has 1 aromatic heterocycles. The van der Waals surface area contributed by atoms with Crippen molar-refractivity contribution in [3.05, 3.63) is 53.1 Å². The van der Waals surface area contributed by atoms with E-state index in [9.17, 15) is 14.3 Å². The minimum atomic E-state index is -0.626. The average Bonchev–Trinajstić information content (AvgIpc) is 3.10. The number of aliphatic hydroxyl groups is 1. The zero-order valence-electron chi connectivity index (χ0n) is 14.4. The molecule has 25 heavy (non-hydrogen) atoms. The Hall–Kier alpha value is -2.21. The lowest BCUT2D eigenvalue weighted by Crippen LogP contribution is -2.40. The predicted molar refractivity (Wildman–Crippen MR) is 92.6 cm³/mol. The number of carbonyl (C=O) groups is 1. The van der Waals surface area contributed by atoms with Gasteiger partial charge in [-0.1, -0.05) is 25.5 Å². The maximum atomic E-state index is 13.0. The first-order valence-electron chi connectivity index (χ1n) is 8.85. The van der Waals surface area contributed by atoms with E-state index in [1.54, 1.807) is 17.0 Å². The first-order valence-corrected chi connectivity index (χ1v) is 8.85. The standard InChI is InChI=1S/C19H24FN3O2/c1-2-3-16-12-17(22-21-16)19(25)23-10-8-14(9-11-23)18(24)13-4-6-15(20)7-5-13/h4-7,12,14,18,24H,2-3,8-11H2,1H3,(H,21,22)/t18-/m0/s1. The summed E-state index contributed by atoms with van der Waals surface area (Å²) < 4.78 is 13.0. The molecule has 0 radical (unpaired) electrons. The summed E-state index contributed by atoms with van der Waals surface area (Å²) in [6.45, 7) is 3.27. The number of nitrogens with zero attached hydrogens (tertiary/aromatic N) is 2. The molecule has 0 aliphatic carbocycles. The fourth-order valence-corrected chi connectivity index (χ4v) is 3.38.